The van der Waals surface area contributed by atoms with Gasteiger partial charge in [0.05, 0.1) is 13.2 Å². The number of phosphoric ester groups is 1. The standard InChI is InChI=1S/C50H95O12P/c1-3-5-7-9-11-13-15-17-18-19-20-21-22-23-24-25-26-27-29-31-33-35-37-39-44(51)61-43(41-59-40-38-36-34-32-30-28-16-14-12-10-8-6-4-2)42-60-63(57,58)62-50-48(55)46(53)45(52)47(54)49(50)56/h15,17,19-20,43,45-50,52-56H,3-14,16,18,21-42H2,1-2H3,(H,57,58)/b17-15-,20-19-. The van der Waals surface area contributed by atoms with Crippen LogP contribution < -0.4 is 0 Å². The molecule has 12 nitrogen and oxygen atoms in total. The van der Waals surface area contributed by atoms with Crippen molar-refractivity contribution in [2.75, 3.05) is 19.8 Å². The van der Waals surface area contributed by atoms with Crippen LogP contribution >= 0.6 is 7.82 Å². The molecule has 0 aromatic carbocycles. The molecule has 0 aromatic rings. The number of allylic oxidation sites excluding steroid dienone is 4. The highest BCUT2D eigenvalue weighted by Crippen LogP contribution is 2.47. The Kier molecular flexibility index (Phi) is 39.0. The molecule has 0 heterocycles. The fraction of sp³-hybridized carbons (Fsp3) is 0.900. The third kappa shape index (κ3) is 33.0. The molecule has 0 aliphatic heterocycles. The molecule has 0 radical (unpaired) electrons. The first kappa shape index (κ1) is 59.8. The van der Waals surface area contributed by atoms with E-state index in [4.69, 9.17) is 18.5 Å². The number of phosphoric acid groups is 1. The summed E-state index contributed by atoms with van der Waals surface area (Å²) in [6, 6.07) is 0. The van der Waals surface area contributed by atoms with Crippen LogP contribution in [0.1, 0.15) is 226 Å². The van der Waals surface area contributed by atoms with Crippen molar-refractivity contribution in [3.63, 3.8) is 0 Å². The average Bonchev–Trinajstić information content (AvgIpc) is 3.27. The van der Waals surface area contributed by atoms with Crippen LogP contribution in [0.4, 0.5) is 0 Å². The molecule has 63 heavy (non-hydrogen) atoms. The Balaban J connectivity index is 2.30. The molecule has 1 rings (SSSR count). The van der Waals surface area contributed by atoms with Crippen LogP contribution in [0, 0.1) is 0 Å². The molecule has 0 aromatic heterocycles. The van der Waals surface area contributed by atoms with Crippen LogP contribution in [0.15, 0.2) is 24.3 Å². The number of aliphatic hydroxyl groups is 5. The number of carbonyl (C=O) groups is 1. The maximum Gasteiger partial charge on any atom is 0.472 e. The monoisotopic (exact) mass is 919 g/mol. The van der Waals surface area contributed by atoms with Crippen molar-refractivity contribution < 1.29 is 58.3 Å². The van der Waals surface area contributed by atoms with Crippen molar-refractivity contribution in [1.29, 1.82) is 0 Å². The minimum absolute atomic E-state index is 0.0729. The summed E-state index contributed by atoms with van der Waals surface area (Å²) in [6.45, 7) is 4.28. The molecule has 6 N–H and O–H groups in total. The fourth-order valence-electron chi connectivity index (χ4n) is 7.98. The maximum atomic E-state index is 12.8. The van der Waals surface area contributed by atoms with Gasteiger partial charge in [0.15, 0.2) is 0 Å². The molecular weight excluding hydrogens is 824 g/mol. The summed E-state index contributed by atoms with van der Waals surface area (Å²) in [5, 5.41) is 50.2. The number of esters is 1. The van der Waals surface area contributed by atoms with Gasteiger partial charge in [0.1, 0.15) is 42.7 Å². The molecular formula is C50H95O12P. The van der Waals surface area contributed by atoms with E-state index in [0.717, 1.165) is 44.9 Å². The summed E-state index contributed by atoms with van der Waals surface area (Å²) in [5.74, 6) is -0.476. The van der Waals surface area contributed by atoms with E-state index < -0.39 is 63.1 Å². The third-order valence-corrected chi connectivity index (χ3v) is 13.1. The van der Waals surface area contributed by atoms with Gasteiger partial charge in [-0.05, 0) is 44.9 Å². The van der Waals surface area contributed by atoms with Crippen molar-refractivity contribution in [1.82, 2.24) is 0 Å². The van der Waals surface area contributed by atoms with E-state index in [1.807, 2.05) is 0 Å². The number of aliphatic hydroxyl groups excluding tert-OH is 5. The summed E-state index contributed by atoms with van der Waals surface area (Å²) < 4.78 is 34.3. The number of hydrogen-bond donors (Lipinski definition) is 6. The van der Waals surface area contributed by atoms with E-state index in [-0.39, 0.29) is 13.0 Å². The largest absolute Gasteiger partial charge is 0.472 e. The lowest BCUT2D eigenvalue weighted by atomic mass is 9.85. The highest BCUT2D eigenvalue weighted by atomic mass is 31.2. The molecule has 6 unspecified atom stereocenters. The lowest BCUT2D eigenvalue weighted by Gasteiger charge is -2.41. The Morgan fingerprint density at radius 3 is 1.33 bits per heavy atom. The second-order valence-corrected chi connectivity index (χ2v) is 19.4. The lowest BCUT2D eigenvalue weighted by Crippen LogP contribution is -2.64. The quantitative estimate of drug-likeness (QED) is 0.0147. The summed E-state index contributed by atoms with van der Waals surface area (Å²) in [7, 11) is -5.02. The highest BCUT2D eigenvalue weighted by Gasteiger charge is 2.51. The number of unbranched alkanes of at least 4 members (excludes halogenated alkanes) is 28. The van der Waals surface area contributed by atoms with Crippen molar-refractivity contribution in [3.05, 3.63) is 24.3 Å². The first-order valence-electron chi connectivity index (χ1n) is 25.7. The van der Waals surface area contributed by atoms with Crippen molar-refractivity contribution in [2.24, 2.45) is 0 Å². The van der Waals surface area contributed by atoms with Gasteiger partial charge in [-0.25, -0.2) is 4.57 Å². The summed E-state index contributed by atoms with van der Waals surface area (Å²) in [5.41, 5.74) is 0. The van der Waals surface area contributed by atoms with E-state index in [1.54, 1.807) is 0 Å². The zero-order chi connectivity index (χ0) is 46.2. The Bertz CT molecular complexity index is 1140. The van der Waals surface area contributed by atoms with Crippen LogP contribution in [0.5, 0.6) is 0 Å². The van der Waals surface area contributed by atoms with Crippen LogP contribution in [0.2, 0.25) is 0 Å². The van der Waals surface area contributed by atoms with Gasteiger partial charge in [-0.3, -0.25) is 13.8 Å². The molecule has 6 atom stereocenters. The van der Waals surface area contributed by atoms with Gasteiger partial charge in [0, 0.05) is 13.0 Å². The van der Waals surface area contributed by atoms with Gasteiger partial charge in [-0.2, -0.15) is 0 Å². The molecule has 0 spiro atoms. The number of ether oxygens (including phenoxy) is 2. The van der Waals surface area contributed by atoms with Crippen molar-refractivity contribution >= 4 is 13.8 Å². The minimum Gasteiger partial charge on any atom is -0.457 e. The Morgan fingerprint density at radius 2 is 0.889 bits per heavy atom. The van der Waals surface area contributed by atoms with E-state index in [0.29, 0.717) is 13.0 Å². The molecule has 1 aliphatic carbocycles. The molecule has 0 bridgehead atoms. The normalized spacial score (nSPS) is 22.0. The smallest absolute Gasteiger partial charge is 0.457 e. The topological polar surface area (TPSA) is 192 Å². The lowest BCUT2D eigenvalue weighted by molar-refractivity contribution is -0.220. The van der Waals surface area contributed by atoms with Gasteiger partial charge in [0.2, 0.25) is 0 Å². The second-order valence-electron chi connectivity index (χ2n) is 18.0. The predicted octanol–water partition coefficient (Wildman–Crippen LogP) is 11.3. The maximum absolute atomic E-state index is 12.8. The second kappa shape index (κ2) is 41.0. The van der Waals surface area contributed by atoms with Gasteiger partial charge in [-0.1, -0.05) is 199 Å². The zero-order valence-corrected chi connectivity index (χ0v) is 40.8. The Morgan fingerprint density at radius 1 is 0.508 bits per heavy atom. The fourth-order valence-corrected chi connectivity index (χ4v) is 8.95. The average molecular weight is 919 g/mol. The van der Waals surface area contributed by atoms with E-state index >= 15 is 0 Å². The molecule has 1 saturated carbocycles. The molecule has 0 amide bonds. The summed E-state index contributed by atoms with van der Waals surface area (Å²) in [6.07, 6.45) is 35.3. The van der Waals surface area contributed by atoms with Gasteiger partial charge < -0.3 is 39.9 Å². The minimum atomic E-state index is -5.02. The van der Waals surface area contributed by atoms with Gasteiger partial charge in [-0.15, -0.1) is 0 Å². The van der Waals surface area contributed by atoms with Crippen LogP contribution in [0.25, 0.3) is 0 Å². The Hall–Kier alpha value is -1.18. The molecule has 1 aliphatic rings. The first-order valence-corrected chi connectivity index (χ1v) is 27.2. The van der Waals surface area contributed by atoms with Gasteiger partial charge in [0.25, 0.3) is 0 Å². The van der Waals surface area contributed by atoms with E-state index in [9.17, 15) is 39.8 Å². The van der Waals surface area contributed by atoms with E-state index in [1.165, 1.54) is 154 Å². The number of hydrogen-bond acceptors (Lipinski definition) is 11. The van der Waals surface area contributed by atoms with Crippen LogP contribution in [-0.4, -0.2) is 98.9 Å². The summed E-state index contributed by atoms with van der Waals surface area (Å²) >= 11 is 0. The SMILES string of the molecule is CCCCCCC/C=C\C/C=C\CCCCCCCCCCCCCC(=O)OC(COCCCCCCCCCCCCCCC)COP(=O)(O)OC1C(O)C(O)C(O)C(O)C1O. The zero-order valence-electron chi connectivity index (χ0n) is 39.9. The number of rotatable bonds is 44. The molecule has 372 valence electrons. The Labute approximate surface area is 383 Å². The van der Waals surface area contributed by atoms with E-state index in [2.05, 4.69) is 38.2 Å². The van der Waals surface area contributed by atoms with Crippen LogP contribution in [0.3, 0.4) is 0 Å². The van der Waals surface area contributed by atoms with Crippen LogP contribution in [-0.2, 0) is 27.9 Å². The molecule has 13 heteroatoms. The number of carbonyl (C=O) groups excluding carboxylic acids is 1. The first-order chi connectivity index (χ1) is 30.5. The summed E-state index contributed by atoms with van der Waals surface area (Å²) in [4.78, 5) is 23.2. The molecule has 0 saturated heterocycles. The highest BCUT2D eigenvalue weighted by molar-refractivity contribution is 7.47. The molecule has 1 fully saturated rings. The van der Waals surface area contributed by atoms with Crippen molar-refractivity contribution in [3.8, 4) is 0 Å². The third-order valence-electron chi connectivity index (χ3n) is 12.1. The predicted molar refractivity (Wildman–Crippen MR) is 253 cm³/mol. The van der Waals surface area contributed by atoms with Gasteiger partial charge >= 0.3 is 13.8 Å². The van der Waals surface area contributed by atoms with Crippen molar-refractivity contribution in [2.45, 2.75) is 268 Å².